The number of aliphatic hydroxyl groups excluding tert-OH is 1. The summed E-state index contributed by atoms with van der Waals surface area (Å²) in [6, 6.07) is 0. The lowest BCUT2D eigenvalue weighted by atomic mass is 9.99. The van der Waals surface area contributed by atoms with Gasteiger partial charge in [-0.1, -0.05) is 31.6 Å². The van der Waals surface area contributed by atoms with Crippen molar-refractivity contribution in [3.63, 3.8) is 0 Å². The molecule has 3 N–H and O–H groups in total. The van der Waals surface area contributed by atoms with Gasteiger partial charge < -0.3 is 15.6 Å². The van der Waals surface area contributed by atoms with Crippen molar-refractivity contribution in [3.8, 4) is 0 Å². The molecule has 8 heteroatoms. The van der Waals surface area contributed by atoms with E-state index in [9.17, 15) is 9.90 Å². The lowest BCUT2D eigenvalue weighted by Gasteiger charge is -2.19. The monoisotopic (exact) mass is 310 g/mol. The van der Waals surface area contributed by atoms with Crippen LogP contribution < -0.4 is 10.6 Å². The second-order valence-electron chi connectivity index (χ2n) is 5.41. The van der Waals surface area contributed by atoms with Gasteiger partial charge in [0.2, 0.25) is 5.95 Å². The molecule has 1 aliphatic heterocycles. The molecule has 0 spiro atoms. The van der Waals surface area contributed by atoms with Crippen molar-refractivity contribution in [3.05, 3.63) is 15.9 Å². The Bertz CT molecular complexity index is 713. The zero-order chi connectivity index (χ0) is 15.1. The maximum atomic E-state index is 12.2. The zero-order valence-electron chi connectivity index (χ0n) is 11.9. The molecule has 3 heterocycles. The number of aromatic nitrogens is 3. The second-order valence-corrected chi connectivity index (χ2v) is 6.40. The molecule has 0 radical (unpaired) electrons. The van der Waals surface area contributed by atoms with Gasteiger partial charge in [0.05, 0.1) is 17.0 Å². The van der Waals surface area contributed by atoms with Crippen molar-refractivity contribution in [2.45, 2.75) is 45.1 Å². The van der Waals surface area contributed by atoms with E-state index >= 15 is 0 Å². The minimum Gasteiger partial charge on any atom is -0.388 e. The first-order chi connectivity index (χ1) is 10.0. The number of thiazole rings is 1. The summed E-state index contributed by atoms with van der Waals surface area (Å²) in [6.45, 7) is 4.16. The summed E-state index contributed by atoms with van der Waals surface area (Å²) in [6.07, 6.45) is 1.50. The molecule has 0 aliphatic carbocycles. The third-order valence-electron chi connectivity index (χ3n) is 4.03. The van der Waals surface area contributed by atoms with E-state index in [0.29, 0.717) is 22.7 Å². The number of fused-ring (bicyclic) bond motifs is 1. The van der Waals surface area contributed by atoms with Gasteiger partial charge in [0.25, 0.3) is 0 Å². The number of ether oxygens (including phenoxy) is 1. The topological polar surface area (TPSA) is 103 Å². The zero-order valence-corrected chi connectivity index (χ0v) is 12.7. The van der Waals surface area contributed by atoms with Crippen LogP contribution in [0.2, 0.25) is 0 Å². The van der Waals surface area contributed by atoms with Gasteiger partial charge in [-0.25, -0.2) is 4.98 Å². The van der Waals surface area contributed by atoms with Crippen LogP contribution in [-0.4, -0.2) is 31.8 Å². The van der Waals surface area contributed by atoms with Gasteiger partial charge in [-0.15, -0.1) is 0 Å². The minimum absolute atomic E-state index is 0.0592. The highest BCUT2D eigenvalue weighted by Crippen LogP contribution is 2.34. The molecule has 114 valence electrons. The van der Waals surface area contributed by atoms with Crippen molar-refractivity contribution >= 4 is 27.6 Å². The maximum absolute atomic E-state index is 12.2. The summed E-state index contributed by atoms with van der Waals surface area (Å²) < 4.78 is 7.95. The predicted molar refractivity (Wildman–Crippen MR) is 80.1 cm³/mol. The first-order valence-corrected chi connectivity index (χ1v) is 7.80. The van der Waals surface area contributed by atoms with Crippen LogP contribution in [0.5, 0.6) is 0 Å². The quantitative estimate of drug-likeness (QED) is 0.881. The van der Waals surface area contributed by atoms with E-state index < -0.39 is 12.3 Å². The van der Waals surface area contributed by atoms with Crippen LogP contribution in [0.1, 0.15) is 32.9 Å². The van der Waals surface area contributed by atoms with Crippen LogP contribution >= 0.6 is 11.3 Å². The van der Waals surface area contributed by atoms with Crippen molar-refractivity contribution < 1.29 is 9.84 Å². The summed E-state index contributed by atoms with van der Waals surface area (Å²) in [5, 5.41) is 10.3. The molecule has 2 aromatic heterocycles. The Morgan fingerprint density at radius 1 is 1.67 bits per heavy atom. The molecule has 1 saturated heterocycles. The lowest BCUT2D eigenvalue weighted by Crippen LogP contribution is -2.27. The molecule has 0 aromatic carbocycles. The largest absolute Gasteiger partial charge is 0.388 e. The summed E-state index contributed by atoms with van der Waals surface area (Å²) in [7, 11) is 0. The molecule has 7 nitrogen and oxygen atoms in total. The maximum Gasteiger partial charge on any atom is 0.311 e. The number of anilines is 1. The Hall–Kier alpha value is -1.51. The standard InChI is InChI=1S/C13H18N4O3S/c1-3-6(2)8-4-7(18)11(20-8)17-10-9(21-13(17)19)5-15-12(14)16-10/h5-8,11,18H,3-4H2,1-2H3,(H2,14,15,16)/t6-,7+,8-,11+/m0/s1. The highest BCUT2D eigenvalue weighted by Gasteiger charge is 2.39. The van der Waals surface area contributed by atoms with E-state index in [2.05, 4.69) is 23.8 Å². The van der Waals surface area contributed by atoms with E-state index in [-0.39, 0.29) is 16.9 Å². The van der Waals surface area contributed by atoms with Crippen LogP contribution in [-0.2, 0) is 4.74 Å². The molecule has 1 fully saturated rings. The normalized spacial score (nSPS) is 27.3. The van der Waals surface area contributed by atoms with Crippen molar-refractivity contribution in [1.82, 2.24) is 14.5 Å². The average Bonchev–Trinajstić information content (AvgIpc) is 2.97. The number of nitrogens with zero attached hydrogens (tertiary/aromatic N) is 3. The van der Waals surface area contributed by atoms with Gasteiger partial charge in [0, 0.05) is 6.42 Å². The molecule has 0 bridgehead atoms. The van der Waals surface area contributed by atoms with Crippen molar-refractivity contribution in [2.75, 3.05) is 5.73 Å². The van der Waals surface area contributed by atoms with Gasteiger partial charge in [0.1, 0.15) is 6.10 Å². The average molecular weight is 310 g/mol. The molecular formula is C13H18N4O3S. The van der Waals surface area contributed by atoms with Crippen LogP contribution in [0.25, 0.3) is 10.3 Å². The molecular weight excluding hydrogens is 292 g/mol. The number of hydrogen-bond acceptors (Lipinski definition) is 7. The van der Waals surface area contributed by atoms with Crippen LogP contribution in [0, 0.1) is 5.92 Å². The van der Waals surface area contributed by atoms with Gasteiger partial charge >= 0.3 is 4.87 Å². The van der Waals surface area contributed by atoms with Gasteiger partial charge in [-0.05, 0) is 5.92 Å². The third kappa shape index (κ3) is 2.43. The summed E-state index contributed by atoms with van der Waals surface area (Å²) in [4.78, 5) is 20.0. The molecule has 0 saturated carbocycles. The molecule has 2 aromatic rings. The molecule has 21 heavy (non-hydrogen) atoms. The second kappa shape index (κ2) is 5.36. The van der Waals surface area contributed by atoms with Crippen molar-refractivity contribution in [1.29, 1.82) is 0 Å². The Balaban J connectivity index is 2.02. The number of aliphatic hydroxyl groups is 1. The molecule has 0 amide bonds. The van der Waals surface area contributed by atoms with E-state index in [0.717, 1.165) is 17.8 Å². The van der Waals surface area contributed by atoms with Gasteiger partial charge in [0.15, 0.2) is 11.9 Å². The van der Waals surface area contributed by atoms with Crippen LogP contribution in [0.15, 0.2) is 11.0 Å². The summed E-state index contributed by atoms with van der Waals surface area (Å²) >= 11 is 1.03. The Morgan fingerprint density at radius 2 is 2.43 bits per heavy atom. The van der Waals surface area contributed by atoms with Crippen LogP contribution in [0.4, 0.5) is 5.95 Å². The number of rotatable bonds is 3. The highest BCUT2D eigenvalue weighted by molar-refractivity contribution is 7.16. The fourth-order valence-electron chi connectivity index (χ4n) is 2.62. The number of nitrogen functional groups attached to an aromatic ring is 1. The van der Waals surface area contributed by atoms with E-state index in [1.807, 2.05) is 0 Å². The highest BCUT2D eigenvalue weighted by atomic mass is 32.1. The minimum atomic E-state index is -0.726. The summed E-state index contributed by atoms with van der Waals surface area (Å²) in [5.41, 5.74) is 6.02. The number of hydrogen-bond donors (Lipinski definition) is 2. The first kappa shape index (κ1) is 14.4. The van der Waals surface area contributed by atoms with Gasteiger partial charge in [-0.2, -0.15) is 4.98 Å². The first-order valence-electron chi connectivity index (χ1n) is 6.98. The van der Waals surface area contributed by atoms with Gasteiger partial charge in [-0.3, -0.25) is 9.36 Å². The summed E-state index contributed by atoms with van der Waals surface area (Å²) in [5.74, 6) is 0.421. The molecule has 4 atom stereocenters. The predicted octanol–water partition coefficient (Wildman–Crippen LogP) is 1.13. The van der Waals surface area contributed by atoms with E-state index in [1.165, 1.54) is 10.8 Å². The van der Waals surface area contributed by atoms with E-state index in [4.69, 9.17) is 10.5 Å². The molecule has 0 unspecified atom stereocenters. The van der Waals surface area contributed by atoms with Crippen molar-refractivity contribution in [2.24, 2.45) is 5.92 Å². The third-order valence-corrected chi connectivity index (χ3v) is 4.91. The smallest absolute Gasteiger partial charge is 0.311 e. The fourth-order valence-corrected chi connectivity index (χ4v) is 3.43. The number of nitrogens with two attached hydrogens (primary N) is 1. The van der Waals surface area contributed by atoms with E-state index in [1.54, 1.807) is 0 Å². The molecule has 1 aliphatic rings. The lowest BCUT2D eigenvalue weighted by molar-refractivity contribution is -0.0505. The molecule has 3 rings (SSSR count). The Morgan fingerprint density at radius 3 is 3.14 bits per heavy atom. The Kier molecular flexibility index (Phi) is 3.68. The SMILES string of the molecule is CC[C@H](C)[C@@H]1C[C@@H](O)[C@H](n2c(=O)sc3cnc(N)nc32)O1. The van der Waals surface area contributed by atoms with Crippen LogP contribution in [0.3, 0.4) is 0 Å². The Labute approximate surface area is 125 Å². The fraction of sp³-hybridized carbons (Fsp3) is 0.615.